The molecular formula is C19H23F2N3O2. The summed E-state index contributed by atoms with van der Waals surface area (Å²) < 4.78 is 33.1. The summed E-state index contributed by atoms with van der Waals surface area (Å²) in [7, 11) is 0. The second-order valence-electron chi connectivity index (χ2n) is 6.69. The summed E-state index contributed by atoms with van der Waals surface area (Å²) in [6.45, 7) is 3.97. The lowest BCUT2D eigenvalue weighted by Gasteiger charge is -2.31. The van der Waals surface area contributed by atoms with Crippen LogP contribution >= 0.6 is 0 Å². The minimum atomic E-state index is -0.813. The van der Waals surface area contributed by atoms with Crippen LogP contribution in [0.15, 0.2) is 22.6 Å². The van der Waals surface area contributed by atoms with Gasteiger partial charge in [-0.15, -0.1) is 0 Å². The third-order valence-electron chi connectivity index (χ3n) is 4.91. The van der Waals surface area contributed by atoms with Gasteiger partial charge in [-0.25, -0.2) is 18.6 Å². The molecule has 3 rings (SSSR count). The van der Waals surface area contributed by atoms with Crippen LogP contribution < -0.4 is 10.6 Å². The summed E-state index contributed by atoms with van der Waals surface area (Å²) in [4.78, 5) is 16.7. The molecule has 0 unspecified atom stereocenters. The summed E-state index contributed by atoms with van der Waals surface area (Å²) in [5.41, 5.74) is 0.255. The number of aromatic nitrogens is 1. The van der Waals surface area contributed by atoms with Crippen molar-refractivity contribution in [2.75, 3.05) is 0 Å². The lowest BCUT2D eigenvalue weighted by Crippen LogP contribution is -2.48. The molecule has 0 spiro atoms. The van der Waals surface area contributed by atoms with E-state index in [1.165, 1.54) is 12.1 Å². The van der Waals surface area contributed by atoms with Gasteiger partial charge in [0.15, 0.2) is 5.89 Å². The van der Waals surface area contributed by atoms with E-state index in [0.29, 0.717) is 36.5 Å². The highest BCUT2D eigenvalue weighted by atomic mass is 19.1. The Labute approximate surface area is 151 Å². The molecular weight excluding hydrogens is 340 g/mol. The molecule has 1 aromatic carbocycles. The first-order valence-corrected chi connectivity index (χ1v) is 8.90. The molecule has 5 nitrogen and oxygen atoms in total. The van der Waals surface area contributed by atoms with Crippen molar-refractivity contribution in [1.29, 1.82) is 0 Å². The fraction of sp³-hybridized carbons (Fsp3) is 0.474. The third-order valence-corrected chi connectivity index (χ3v) is 4.91. The number of carbonyl (C=O) groups is 1. The lowest BCUT2D eigenvalue weighted by atomic mass is 9.87. The van der Waals surface area contributed by atoms with E-state index in [2.05, 4.69) is 15.6 Å². The Morgan fingerprint density at radius 2 is 2.04 bits per heavy atom. The Bertz CT molecular complexity index is 798. The molecule has 1 heterocycles. The fourth-order valence-electron chi connectivity index (χ4n) is 3.54. The number of halogens is 2. The summed E-state index contributed by atoms with van der Waals surface area (Å²) in [5, 5.41) is 5.65. The van der Waals surface area contributed by atoms with E-state index in [1.807, 2.05) is 13.8 Å². The molecule has 1 aromatic heterocycles. The average molecular weight is 363 g/mol. The maximum atomic E-state index is 14.3. The molecule has 0 saturated heterocycles. The second kappa shape index (κ2) is 7.43. The largest absolute Gasteiger partial charge is 0.444 e. The number of urea groups is 1. The van der Waals surface area contributed by atoms with Gasteiger partial charge in [-0.1, -0.05) is 25.8 Å². The number of hydrogen-bond acceptors (Lipinski definition) is 3. The van der Waals surface area contributed by atoms with Crippen molar-refractivity contribution >= 4 is 6.03 Å². The lowest BCUT2D eigenvalue weighted by molar-refractivity contribution is 0.222. The van der Waals surface area contributed by atoms with Gasteiger partial charge in [0.05, 0.1) is 17.8 Å². The van der Waals surface area contributed by atoms with Crippen LogP contribution in [0.2, 0.25) is 0 Å². The molecule has 0 aliphatic heterocycles. The summed E-state index contributed by atoms with van der Waals surface area (Å²) in [5.74, 6) is -0.0342. The van der Waals surface area contributed by atoms with E-state index >= 15 is 0 Å². The molecule has 0 atom stereocenters. The van der Waals surface area contributed by atoms with Crippen LogP contribution in [-0.4, -0.2) is 11.0 Å². The molecule has 2 N–H and O–H groups in total. The van der Waals surface area contributed by atoms with Gasteiger partial charge in [-0.2, -0.15) is 0 Å². The predicted octanol–water partition coefficient (Wildman–Crippen LogP) is 4.09. The minimum Gasteiger partial charge on any atom is -0.444 e. The van der Waals surface area contributed by atoms with Gasteiger partial charge in [-0.05, 0) is 25.8 Å². The highest BCUT2D eigenvalue weighted by Crippen LogP contribution is 2.40. The van der Waals surface area contributed by atoms with Crippen molar-refractivity contribution in [3.05, 3.63) is 52.7 Å². The maximum Gasteiger partial charge on any atom is 0.315 e. The van der Waals surface area contributed by atoms with Crippen molar-refractivity contribution in [3.8, 4) is 0 Å². The van der Waals surface area contributed by atoms with Gasteiger partial charge in [0.25, 0.3) is 0 Å². The first kappa shape index (κ1) is 18.4. The van der Waals surface area contributed by atoms with Gasteiger partial charge in [0, 0.05) is 18.1 Å². The van der Waals surface area contributed by atoms with Gasteiger partial charge in [0.1, 0.15) is 17.4 Å². The third kappa shape index (κ3) is 3.71. The number of nitrogens with zero attached hydrogens (tertiary/aromatic N) is 1. The van der Waals surface area contributed by atoms with E-state index < -0.39 is 23.2 Å². The number of carbonyl (C=O) groups excluding carboxylic acids is 1. The smallest absolute Gasteiger partial charge is 0.315 e. The average Bonchev–Trinajstić information content (AvgIpc) is 3.20. The number of oxazole rings is 1. The standard InChI is InChI=1S/C19H23F2N3O2/c1-3-17-23-12(2)16(26-17)11-22-18(25)24-19(8-4-5-9-19)14-7-6-13(20)10-15(14)21/h6-7,10H,3-5,8-9,11H2,1-2H3,(H2,22,24,25). The fourth-order valence-corrected chi connectivity index (χ4v) is 3.54. The number of rotatable bonds is 5. The van der Waals surface area contributed by atoms with Crippen molar-refractivity contribution < 1.29 is 18.0 Å². The van der Waals surface area contributed by atoms with Crippen LogP contribution in [0.25, 0.3) is 0 Å². The van der Waals surface area contributed by atoms with Crippen molar-refractivity contribution in [2.45, 2.75) is 58.0 Å². The number of aryl methyl sites for hydroxylation is 2. The molecule has 26 heavy (non-hydrogen) atoms. The number of benzene rings is 1. The van der Waals surface area contributed by atoms with Crippen LogP contribution in [0.4, 0.5) is 13.6 Å². The van der Waals surface area contributed by atoms with Crippen LogP contribution in [0, 0.1) is 18.6 Å². The Kier molecular flexibility index (Phi) is 5.25. The molecule has 2 amide bonds. The van der Waals surface area contributed by atoms with Crippen LogP contribution in [0.3, 0.4) is 0 Å². The summed E-state index contributed by atoms with van der Waals surface area (Å²) >= 11 is 0. The van der Waals surface area contributed by atoms with Crippen LogP contribution in [-0.2, 0) is 18.5 Å². The molecule has 1 fully saturated rings. The SMILES string of the molecule is CCc1nc(C)c(CNC(=O)NC2(c3ccc(F)cc3F)CCCC2)o1. The topological polar surface area (TPSA) is 67.2 Å². The summed E-state index contributed by atoms with van der Waals surface area (Å²) in [6, 6.07) is 3.09. The van der Waals surface area contributed by atoms with E-state index in [-0.39, 0.29) is 6.54 Å². The van der Waals surface area contributed by atoms with Gasteiger partial charge in [-0.3, -0.25) is 0 Å². The Morgan fingerprint density at radius 1 is 1.31 bits per heavy atom. The quantitative estimate of drug-likeness (QED) is 0.841. The Balaban J connectivity index is 1.71. The monoisotopic (exact) mass is 363 g/mol. The van der Waals surface area contributed by atoms with Crippen LogP contribution in [0.5, 0.6) is 0 Å². The molecule has 7 heteroatoms. The van der Waals surface area contributed by atoms with E-state index in [4.69, 9.17) is 4.42 Å². The van der Waals surface area contributed by atoms with E-state index in [9.17, 15) is 13.6 Å². The van der Waals surface area contributed by atoms with Crippen molar-refractivity contribution in [1.82, 2.24) is 15.6 Å². The molecule has 1 aliphatic rings. The van der Waals surface area contributed by atoms with Crippen LogP contribution in [0.1, 0.15) is 55.5 Å². The van der Waals surface area contributed by atoms with E-state index in [0.717, 1.165) is 24.6 Å². The van der Waals surface area contributed by atoms with Gasteiger partial charge < -0.3 is 15.1 Å². The molecule has 0 radical (unpaired) electrons. The number of hydrogen-bond donors (Lipinski definition) is 2. The van der Waals surface area contributed by atoms with E-state index in [1.54, 1.807) is 0 Å². The molecule has 1 saturated carbocycles. The normalized spacial score (nSPS) is 15.8. The maximum absolute atomic E-state index is 14.3. The zero-order chi connectivity index (χ0) is 18.7. The zero-order valence-electron chi connectivity index (χ0n) is 15.0. The van der Waals surface area contributed by atoms with Gasteiger partial charge in [0.2, 0.25) is 0 Å². The highest BCUT2D eigenvalue weighted by molar-refractivity contribution is 5.75. The number of nitrogens with one attached hydrogen (secondary N) is 2. The summed E-state index contributed by atoms with van der Waals surface area (Å²) in [6.07, 6.45) is 3.66. The first-order valence-electron chi connectivity index (χ1n) is 8.90. The van der Waals surface area contributed by atoms with Crippen molar-refractivity contribution in [2.24, 2.45) is 0 Å². The second-order valence-corrected chi connectivity index (χ2v) is 6.69. The number of amides is 2. The first-order chi connectivity index (χ1) is 12.4. The van der Waals surface area contributed by atoms with Crippen molar-refractivity contribution in [3.63, 3.8) is 0 Å². The molecule has 2 aromatic rings. The molecule has 140 valence electrons. The highest BCUT2D eigenvalue weighted by Gasteiger charge is 2.39. The minimum absolute atomic E-state index is 0.201. The predicted molar refractivity (Wildman–Crippen MR) is 92.5 cm³/mol. The zero-order valence-corrected chi connectivity index (χ0v) is 15.0. The Morgan fingerprint density at radius 3 is 2.65 bits per heavy atom. The molecule has 1 aliphatic carbocycles. The Hall–Kier alpha value is -2.44. The molecule has 0 bridgehead atoms. The van der Waals surface area contributed by atoms with Gasteiger partial charge >= 0.3 is 6.03 Å².